The van der Waals surface area contributed by atoms with E-state index in [2.05, 4.69) is 56.9 Å². The van der Waals surface area contributed by atoms with E-state index in [0.717, 1.165) is 17.3 Å². The standard InChI is InChI=1S/C14H16BrN/c15-9-2-1-6-13-7-5-8-14(12-13)16-10-3-4-11-16/h5,7-8,12H,2-4,9-11H2. The Hall–Kier alpha value is -0.940. The minimum atomic E-state index is 0.911. The smallest absolute Gasteiger partial charge is 0.0378 e. The molecular weight excluding hydrogens is 262 g/mol. The molecule has 0 saturated carbocycles. The van der Waals surface area contributed by atoms with Gasteiger partial charge in [-0.2, -0.15) is 0 Å². The summed E-state index contributed by atoms with van der Waals surface area (Å²) in [5.41, 5.74) is 2.45. The van der Waals surface area contributed by atoms with E-state index in [0.29, 0.717) is 0 Å². The Balaban J connectivity index is 2.10. The fraction of sp³-hybridized carbons (Fsp3) is 0.429. The van der Waals surface area contributed by atoms with Gasteiger partial charge < -0.3 is 4.90 Å². The van der Waals surface area contributed by atoms with Crippen LogP contribution >= 0.6 is 15.9 Å². The summed E-state index contributed by atoms with van der Waals surface area (Å²) in [5.74, 6) is 6.36. The lowest BCUT2D eigenvalue weighted by molar-refractivity contribution is 0.949. The monoisotopic (exact) mass is 277 g/mol. The quantitative estimate of drug-likeness (QED) is 0.592. The number of halogens is 1. The van der Waals surface area contributed by atoms with E-state index in [1.165, 1.54) is 31.6 Å². The average molecular weight is 278 g/mol. The number of hydrogen-bond donors (Lipinski definition) is 0. The molecule has 1 aliphatic heterocycles. The van der Waals surface area contributed by atoms with Crippen LogP contribution in [-0.4, -0.2) is 18.4 Å². The maximum Gasteiger partial charge on any atom is 0.0378 e. The van der Waals surface area contributed by atoms with Crippen LogP contribution in [0.15, 0.2) is 24.3 Å². The predicted octanol–water partition coefficient (Wildman–Crippen LogP) is 3.42. The second kappa shape index (κ2) is 5.96. The van der Waals surface area contributed by atoms with Gasteiger partial charge in [0.05, 0.1) is 0 Å². The third-order valence-corrected chi connectivity index (χ3v) is 3.17. The number of alkyl halides is 1. The molecule has 1 fully saturated rings. The van der Waals surface area contributed by atoms with E-state index in [1.54, 1.807) is 0 Å². The first-order chi connectivity index (χ1) is 7.90. The topological polar surface area (TPSA) is 3.24 Å². The van der Waals surface area contributed by atoms with E-state index >= 15 is 0 Å². The van der Waals surface area contributed by atoms with Gasteiger partial charge in [0.2, 0.25) is 0 Å². The van der Waals surface area contributed by atoms with Crippen LogP contribution in [0.25, 0.3) is 0 Å². The van der Waals surface area contributed by atoms with Crippen molar-refractivity contribution < 1.29 is 0 Å². The van der Waals surface area contributed by atoms with Crippen molar-refractivity contribution in [2.75, 3.05) is 23.3 Å². The molecule has 1 saturated heterocycles. The Kier molecular flexibility index (Phi) is 4.30. The molecule has 0 unspecified atom stereocenters. The molecular formula is C14H16BrN. The lowest BCUT2D eigenvalue weighted by Crippen LogP contribution is -2.17. The molecule has 0 atom stereocenters. The molecule has 1 aliphatic rings. The highest BCUT2D eigenvalue weighted by Gasteiger charge is 2.11. The molecule has 0 bridgehead atoms. The molecule has 0 N–H and O–H groups in total. The summed E-state index contributed by atoms with van der Waals surface area (Å²) < 4.78 is 0. The molecule has 16 heavy (non-hydrogen) atoms. The zero-order valence-corrected chi connectivity index (χ0v) is 11.0. The van der Waals surface area contributed by atoms with Crippen molar-refractivity contribution in [2.45, 2.75) is 19.3 Å². The molecule has 0 spiro atoms. The molecule has 0 amide bonds. The summed E-state index contributed by atoms with van der Waals surface area (Å²) in [7, 11) is 0. The van der Waals surface area contributed by atoms with Crippen molar-refractivity contribution in [1.29, 1.82) is 0 Å². The van der Waals surface area contributed by atoms with Crippen LogP contribution in [0.3, 0.4) is 0 Å². The van der Waals surface area contributed by atoms with Crippen molar-refractivity contribution in [2.24, 2.45) is 0 Å². The Bertz CT molecular complexity index is 397. The lowest BCUT2D eigenvalue weighted by Gasteiger charge is -2.17. The van der Waals surface area contributed by atoms with Crippen LogP contribution in [0.4, 0.5) is 5.69 Å². The molecule has 1 aromatic carbocycles. The Labute approximate surface area is 106 Å². The molecule has 1 heterocycles. The minimum absolute atomic E-state index is 0.911. The van der Waals surface area contributed by atoms with Crippen LogP contribution in [0.1, 0.15) is 24.8 Å². The summed E-state index contributed by atoms with van der Waals surface area (Å²) in [6, 6.07) is 8.57. The van der Waals surface area contributed by atoms with E-state index in [-0.39, 0.29) is 0 Å². The zero-order valence-electron chi connectivity index (χ0n) is 9.38. The third-order valence-electron chi connectivity index (χ3n) is 2.77. The largest absolute Gasteiger partial charge is 0.371 e. The summed E-state index contributed by atoms with van der Waals surface area (Å²) in [6.45, 7) is 2.39. The normalized spacial score (nSPS) is 14.7. The fourth-order valence-electron chi connectivity index (χ4n) is 1.97. The van der Waals surface area contributed by atoms with Gasteiger partial charge in [0.15, 0.2) is 0 Å². The number of nitrogens with zero attached hydrogens (tertiary/aromatic N) is 1. The summed E-state index contributed by atoms with van der Waals surface area (Å²) in [6.07, 6.45) is 3.55. The van der Waals surface area contributed by atoms with Gasteiger partial charge in [-0.25, -0.2) is 0 Å². The highest BCUT2D eigenvalue weighted by molar-refractivity contribution is 9.09. The highest BCUT2D eigenvalue weighted by atomic mass is 79.9. The number of anilines is 1. The second-order valence-electron chi connectivity index (χ2n) is 3.99. The van der Waals surface area contributed by atoms with Gasteiger partial charge in [0.1, 0.15) is 0 Å². The van der Waals surface area contributed by atoms with Gasteiger partial charge in [-0.1, -0.05) is 33.8 Å². The highest BCUT2D eigenvalue weighted by Crippen LogP contribution is 2.20. The number of rotatable bonds is 2. The first-order valence-electron chi connectivity index (χ1n) is 5.80. The van der Waals surface area contributed by atoms with Crippen molar-refractivity contribution >= 4 is 21.6 Å². The Morgan fingerprint density at radius 2 is 2.06 bits per heavy atom. The van der Waals surface area contributed by atoms with Gasteiger partial charge in [0, 0.05) is 36.1 Å². The van der Waals surface area contributed by atoms with E-state index in [4.69, 9.17) is 0 Å². The fourth-order valence-corrected chi connectivity index (χ4v) is 2.17. The van der Waals surface area contributed by atoms with Crippen LogP contribution in [0.2, 0.25) is 0 Å². The first-order valence-corrected chi connectivity index (χ1v) is 6.92. The first kappa shape index (κ1) is 11.5. The molecule has 1 aromatic rings. The number of hydrogen-bond acceptors (Lipinski definition) is 1. The van der Waals surface area contributed by atoms with Gasteiger partial charge in [-0.05, 0) is 31.0 Å². The van der Waals surface area contributed by atoms with Gasteiger partial charge >= 0.3 is 0 Å². The number of benzene rings is 1. The van der Waals surface area contributed by atoms with Crippen LogP contribution in [-0.2, 0) is 0 Å². The minimum Gasteiger partial charge on any atom is -0.371 e. The molecule has 0 aromatic heterocycles. The maximum atomic E-state index is 3.38. The van der Waals surface area contributed by atoms with Crippen molar-refractivity contribution in [1.82, 2.24) is 0 Å². The van der Waals surface area contributed by atoms with Gasteiger partial charge in [-0.15, -0.1) is 0 Å². The van der Waals surface area contributed by atoms with Gasteiger partial charge in [-0.3, -0.25) is 0 Å². The Morgan fingerprint density at radius 3 is 2.81 bits per heavy atom. The van der Waals surface area contributed by atoms with Crippen molar-refractivity contribution in [3.8, 4) is 11.8 Å². The van der Waals surface area contributed by atoms with E-state index < -0.39 is 0 Å². The van der Waals surface area contributed by atoms with Crippen LogP contribution < -0.4 is 4.90 Å². The van der Waals surface area contributed by atoms with Crippen LogP contribution in [0, 0.1) is 11.8 Å². The van der Waals surface area contributed by atoms with Crippen LogP contribution in [0.5, 0.6) is 0 Å². The zero-order chi connectivity index (χ0) is 11.2. The molecule has 2 heteroatoms. The van der Waals surface area contributed by atoms with E-state index in [9.17, 15) is 0 Å². The molecule has 1 nitrogen and oxygen atoms in total. The summed E-state index contributed by atoms with van der Waals surface area (Å²) >= 11 is 3.38. The average Bonchev–Trinajstić information content (AvgIpc) is 2.83. The molecule has 2 rings (SSSR count). The van der Waals surface area contributed by atoms with Gasteiger partial charge in [0.25, 0.3) is 0 Å². The SMILES string of the molecule is BrCCC#Cc1cccc(N2CCCC2)c1. The Morgan fingerprint density at radius 1 is 1.25 bits per heavy atom. The second-order valence-corrected chi connectivity index (χ2v) is 4.78. The predicted molar refractivity (Wildman–Crippen MR) is 73.2 cm³/mol. The third kappa shape index (κ3) is 3.02. The summed E-state index contributed by atoms with van der Waals surface area (Å²) in [4.78, 5) is 2.44. The molecule has 0 aliphatic carbocycles. The summed E-state index contributed by atoms with van der Waals surface area (Å²) in [5, 5.41) is 0.950. The molecule has 84 valence electrons. The van der Waals surface area contributed by atoms with E-state index in [1.807, 2.05) is 0 Å². The maximum absolute atomic E-state index is 3.38. The van der Waals surface area contributed by atoms with Crippen molar-refractivity contribution in [3.63, 3.8) is 0 Å². The van der Waals surface area contributed by atoms with Crippen molar-refractivity contribution in [3.05, 3.63) is 29.8 Å². The lowest BCUT2D eigenvalue weighted by atomic mass is 10.2. The molecule has 0 radical (unpaired) electrons.